The highest BCUT2D eigenvalue weighted by Gasteiger charge is 2.23. The summed E-state index contributed by atoms with van der Waals surface area (Å²) in [5.41, 5.74) is 2.64. The van der Waals surface area contributed by atoms with Crippen molar-refractivity contribution >= 4 is 34.5 Å². The first kappa shape index (κ1) is 16.6. The maximum atomic E-state index is 6.41. The molecular formula is C18H19Cl2N5. The molecule has 1 aliphatic rings. The molecule has 0 spiro atoms. The van der Waals surface area contributed by atoms with Crippen LogP contribution in [0, 0.1) is 0 Å². The minimum absolute atomic E-state index is 0.406. The summed E-state index contributed by atoms with van der Waals surface area (Å²) in [5, 5.41) is 9.25. The van der Waals surface area contributed by atoms with E-state index in [0.717, 1.165) is 35.7 Å². The molecule has 5 nitrogen and oxygen atoms in total. The van der Waals surface area contributed by atoms with E-state index < -0.39 is 0 Å². The van der Waals surface area contributed by atoms with E-state index in [1.807, 2.05) is 30.5 Å². The Hall–Kier alpha value is -1.82. The van der Waals surface area contributed by atoms with Crippen molar-refractivity contribution in [2.24, 2.45) is 0 Å². The maximum absolute atomic E-state index is 6.41. The highest BCUT2D eigenvalue weighted by molar-refractivity contribution is 6.31. The second kappa shape index (κ2) is 6.48. The van der Waals surface area contributed by atoms with E-state index in [0.29, 0.717) is 22.1 Å². The summed E-state index contributed by atoms with van der Waals surface area (Å²) in [6, 6.07) is 8.31. The van der Waals surface area contributed by atoms with Gasteiger partial charge < -0.3 is 10.2 Å². The summed E-state index contributed by atoms with van der Waals surface area (Å²) in [5.74, 6) is 0.893. The number of piperazine rings is 1. The van der Waals surface area contributed by atoms with Gasteiger partial charge >= 0.3 is 0 Å². The van der Waals surface area contributed by atoms with Crippen molar-refractivity contribution < 1.29 is 0 Å². The second-order valence-electron chi connectivity index (χ2n) is 6.64. The highest BCUT2D eigenvalue weighted by atomic mass is 35.5. The van der Waals surface area contributed by atoms with Crippen molar-refractivity contribution in [1.82, 2.24) is 19.9 Å². The molecule has 25 heavy (non-hydrogen) atoms. The molecule has 3 aromatic rings. The number of anilines is 1. The van der Waals surface area contributed by atoms with Crippen molar-refractivity contribution in [3.63, 3.8) is 0 Å². The van der Waals surface area contributed by atoms with Gasteiger partial charge in [0.2, 0.25) is 0 Å². The summed E-state index contributed by atoms with van der Waals surface area (Å²) in [6.07, 6.45) is 3.64. The molecule has 0 bridgehead atoms. The van der Waals surface area contributed by atoms with Gasteiger partial charge in [-0.3, -0.25) is 0 Å². The lowest BCUT2D eigenvalue weighted by Crippen LogP contribution is -2.54. The maximum Gasteiger partial charge on any atom is 0.130 e. The lowest BCUT2D eigenvalue weighted by atomic mass is 10.1. The molecule has 130 valence electrons. The van der Waals surface area contributed by atoms with Gasteiger partial charge in [-0.25, -0.2) is 9.50 Å². The van der Waals surface area contributed by atoms with E-state index in [9.17, 15) is 0 Å². The van der Waals surface area contributed by atoms with Crippen molar-refractivity contribution in [3.8, 4) is 11.3 Å². The fourth-order valence-corrected chi connectivity index (χ4v) is 3.81. The lowest BCUT2D eigenvalue weighted by Gasteiger charge is -2.37. The fraction of sp³-hybridized carbons (Fsp3) is 0.333. The Morgan fingerprint density at radius 1 is 1.08 bits per heavy atom. The lowest BCUT2D eigenvalue weighted by molar-refractivity contribution is 0.405. The Morgan fingerprint density at radius 2 is 1.84 bits per heavy atom. The van der Waals surface area contributed by atoms with E-state index in [-0.39, 0.29) is 0 Å². The van der Waals surface area contributed by atoms with Crippen molar-refractivity contribution in [3.05, 3.63) is 46.7 Å². The van der Waals surface area contributed by atoms with Crippen LogP contribution in [0.15, 0.2) is 36.7 Å². The Morgan fingerprint density at radius 3 is 2.60 bits per heavy atom. The monoisotopic (exact) mass is 375 g/mol. The first-order valence-electron chi connectivity index (χ1n) is 8.31. The molecular weight excluding hydrogens is 357 g/mol. The average Bonchev–Trinajstić information content (AvgIpc) is 2.96. The van der Waals surface area contributed by atoms with Gasteiger partial charge in [-0.05, 0) is 38.1 Å². The first-order valence-corrected chi connectivity index (χ1v) is 9.07. The van der Waals surface area contributed by atoms with Gasteiger partial charge in [0.1, 0.15) is 5.82 Å². The van der Waals surface area contributed by atoms with Crippen LogP contribution in [-0.4, -0.2) is 39.8 Å². The molecule has 7 heteroatoms. The van der Waals surface area contributed by atoms with Crippen LogP contribution < -0.4 is 10.2 Å². The average molecular weight is 376 g/mol. The molecule has 0 aromatic carbocycles. The molecule has 4 rings (SSSR count). The minimum atomic E-state index is 0.406. The first-order chi connectivity index (χ1) is 12.0. The van der Waals surface area contributed by atoms with Gasteiger partial charge in [0, 0.05) is 47.0 Å². The number of pyridine rings is 2. The third kappa shape index (κ3) is 3.32. The molecule has 0 unspecified atom stereocenters. The summed E-state index contributed by atoms with van der Waals surface area (Å²) in [4.78, 5) is 7.14. The van der Waals surface area contributed by atoms with Crippen LogP contribution in [0.2, 0.25) is 10.0 Å². The van der Waals surface area contributed by atoms with E-state index in [4.69, 9.17) is 28.2 Å². The molecule has 1 saturated heterocycles. The molecule has 1 aliphatic heterocycles. The zero-order valence-electron chi connectivity index (χ0n) is 14.1. The van der Waals surface area contributed by atoms with Crippen molar-refractivity contribution in [1.29, 1.82) is 0 Å². The highest BCUT2D eigenvalue weighted by Crippen LogP contribution is 2.30. The van der Waals surface area contributed by atoms with E-state index in [2.05, 4.69) is 29.2 Å². The molecule has 0 amide bonds. The Kier molecular flexibility index (Phi) is 4.31. The van der Waals surface area contributed by atoms with E-state index >= 15 is 0 Å². The normalized spacial score (nSPS) is 21.0. The van der Waals surface area contributed by atoms with Crippen LogP contribution in [-0.2, 0) is 0 Å². The van der Waals surface area contributed by atoms with Gasteiger partial charge in [0.05, 0.1) is 17.4 Å². The Balaban J connectivity index is 1.78. The molecule has 4 heterocycles. The molecule has 2 atom stereocenters. The quantitative estimate of drug-likeness (QED) is 0.737. The number of nitrogens with one attached hydrogen (secondary N) is 1. The van der Waals surface area contributed by atoms with Crippen LogP contribution in [0.4, 0.5) is 5.82 Å². The number of nitrogens with zero attached hydrogens (tertiary/aromatic N) is 4. The predicted molar refractivity (Wildman–Crippen MR) is 103 cm³/mol. The van der Waals surface area contributed by atoms with Gasteiger partial charge in [-0.15, -0.1) is 0 Å². The number of hydrogen-bond acceptors (Lipinski definition) is 4. The SMILES string of the molecule is C[C@@H]1CN(c2cc(Cl)cc(-c3cnn4ccc(Cl)cc34)n2)C[C@H](C)N1. The summed E-state index contributed by atoms with van der Waals surface area (Å²) >= 11 is 12.6. The van der Waals surface area contributed by atoms with Crippen molar-refractivity contribution in [2.75, 3.05) is 18.0 Å². The zero-order valence-corrected chi connectivity index (χ0v) is 15.6. The summed E-state index contributed by atoms with van der Waals surface area (Å²) < 4.78 is 1.79. The van der Waals surface area contributed by atoms with Gasteiger partial charge in [0.25, 0.3) is 0 Å². The Bertz CT molecular complexity index is 913. The molecule has 0 saturated carbocycles. The standard InChI is InChI=1S/C18H19Cl2N5/c1-11-9-24(10-12(2)22-11)18-7-14(20)5-16(23-18)15-8-21-25-4-3-13(19)6-17(15)25/h3-8,11-12,22H,9-10H2,1-2H3/t11-,12+. The zero-order chi connectivity index (χ0) is 17.6. The van der Waals surface area contributed by atoms with Gasteiger partial charge in [-0.2, -0.15) is 5.10 Å². The van der Waals surface area contributed by atoms with Gasteiger partial charge in [0.15, 0.2) is 0 Å². The number of halogens is 2. The molecule has 0 radical (unpaired) electrons. The van der Waals surface area contributed by atoms with Gasteiger partial charge in [-0.1, -0.05) is 23.2 Å². The largest absolute Gasteiger partial charge is 0.353 e. The second-order valence-corrected chi connectivity index (χ2v) is 7.51. The Labute approximate surface area is 156 Å². The van der Waals surface area contributed by atoms with Crippen LogP contribution in [0.5, 0.6) is 0 Å². The van der Waals surface area contributed by atoms with Crippen LogP contribution in [0.3, 0.4) is 0 Å². The topological polar surface area (TPSA) is 45.5 Å². The van der Waals surface area contributed by atoms with E-state index in [1.54, 1.807) is 10.7 Å². The fourth-order valence-electron chi connectivity index (χ4n) is 3.45. The number of rotatable bonds is 2. The molecule has 3 aromatic heterocycles. The summed E-state index contributed by atoms with van der Waals surface area (Å²) in [7, 11) is 0. The number of aromatic nitrogens is 3. The van der Waals surface area contributed by atoms with E-state index in [1.165, 1.54) is 0 Å². The van der Waals surface area contributed by atoms with Crippen LogP contribution in [0.1, 0.15) is 13.8 Å². The third-order valence-corrected chi connectivity index (χ3v) is 4.87. The minimum Gasteiger partial charge on any atom is -0.353 e. The number of fused-ring (bicyclic) bond motifs is 1. The molecule has 0 aliphatic carbocycles. The summed E-state index contributed by atoms with van der Waals surface area (Å²) in [6.45, 7) is 6.16. The van der Waals surface area contributed by atoms with Crippen LogP contribution >= 0.6 is 23.2 Å². The van der Waals surface area contributed by atoms with Crippen molar-refractivity contribution in [2.45, 2.75) is 25.9 Å². The molecule has 1 fully saturated rings. The number of hydrogen-bond donors (Lipinski definition) is 1. The van der Waals surface area contributed by atoms with Crippen LogP contribution in [0.25, 0.3) is 16.8 Å². The smallest absolute Gasteiger partial charge is 0.130 e. The predicted octanol–water partition coefficient (Wildman–Crippen LogP) is 3.89. The molecule has 1 N–H and O–H groups in total. The third-order valence-electron chi connectivity index (χ3n) is 4.42.